The number of hydrogen-bond donors (Lipinski definition) is 1. The molecule has 0 unspecified atom stereocenters. The van der Waals surface area contributed by atoms with Crippen LogP contribution < -0.4 is 0 Å². The molecule has 2 heteroatoms. The highest BCUT2D eigenvalue weighted by atomic mass is 16.4. The largest absolute Gasteiger partial charge is 0.478 e. The number of carboxylic acid groups (broad SMARTS) is 1. The Morgan fingerprint density at radius 2 is 1.23 bits per heavy atom. The topological polar surface area (TPSA) is 37.3 Å². The molecule has 122 valence electrons. The average molecular weight is 302 g/mol. The molecule has 0 aromatic carbocycles. The minimum Gasteiger partial charge on any atom is -0.478 e. The molecule has 2 nitrogen and oxygen atoms in total. The summed E-state index contributed by atoms with van der Waals surface area (Å²) < 4.78 is 0. The lowest BCUT2D eigenvalue weighted by Gasteiger charge is -1.98. The molecule has 1 N–H and O–H groups in total. The van der Waals surface area contributed by atoms with Crippen molar-refractivity contribution in [1.82, 2.24) is 0 Å². The van der Waals surface area contributed by atoms with E-state index in [2.05, 4.69) is 19.1 Å². The number of aliphatic carboxylic acids is 1. The Labute approximate surface area is 135 Å². The van der Waals surface area contributed by atoms with Gasteiger partial charge in [0.05, 0.1) is 0 Å². The Bertz CT molecular complexity index is 398. The van der Waals surface area contributed by atoms with Crippen molar-refractivity contribution in [2.45, 2.75) is 58.3 Å². The van der Waals surface area contributed by atoms with E-state index < -0.39 is 5.97 Å². The van der Waals surface area contributed by atoms with Gasteiger partial charge < -0.3 is 5.11 Å². The number of allylic oxidation sites excluding steroid dienone is 9. The van der Waals surface area contributed by atoms with Crippen LogP contribution in [0.25, 0.3) is 0 Å². The Hall–Kier alpha value is -1.83. The second-order valence-corrected chi connectivity index (χ2v) is 5.19. The van der Waals surface area contributed by atoms with Gasteiger partial charge in [-0.25, -0.2) is 4.79 Å². The maximum atomic E-state index is 10.2. The summed E-state index contributed by atoms with van der Waals surface area (Å²) in [5, 5.41) is 8.38. The van der Waals surface area contributed by atoms with E-state index in [1.165, 1.54) is 51.0 Å². The van der Waals surface area contributed by atoms with Gasteiger partial charge in [0.25, 0.3) is 0 Å². The molecule has 0 amide bonds. The van der Waals surface area contributed by atoms with Gasteiger partial charge in [0.15, 0.2) is 0 Å². The summed E-state index contributed by atoms with van der Waals surface area (Å²) in [6.45, 7) is 2.25. The molecular weight excluding hydrogens is 272 g/mol. The molecule has 0 fully saturated rings. The number of carboxylic acids is 1. The van der Waals surface area contributed by atoms with Gasteiger partial charge in [-0.1, -0.05) is 100 Å². The van der Waals surface area contributed by atoms with Gasteiger partial charge >= 0.3 is 5.97 Å². The van der Waals surface area contributed by atoms with E-state index in [-0.39, 0.29) is 0 Å². The first-order valence-corrected chi connectivity index (χ1v) is 8.33. The SMILES string of the molecule is CCCCCCCCC\C=C/C=C/C=C/C=C\C=C\C(=O)O. The van der Waals surface area contributed by atoms with Crippen molar-refractivity contribution in [1.29, 1.82) is 0 Å². The molecular formula is C20H30O2. The van der Waals surface area contributed by atoms with Gasteiger partial charge in [-0.2, -0.15) is 0 Å². The Morgan fingerprint density at radius 1 is 0.727 bits per heavy atom. The molecule has 0 aromatic rings. The lowest BCUT2D eigenvalue weighted by molar-refractivity contribution is -0.131. The Morgan fingerprint density at radius 3 is 1.82 bits per heavy atom. The average Bonchev–Trinajstić information content (AvgIpc) is 2.50. The molecule has 0 aromatic heterocycles. The fraction of sp³-hybridized carbons (Fsp3) is 0.450. The van der Waals surface area contributed by atoms with Gasteiger partial charge in [0, 0.05) is 6.08 Å². The van der Waals surface area contributed by atoms with Crippen LogP contribution >= 0.6 is 0 Å². The summed E-state index contributed by atoms with van der Waals surface area (Å²) >= 11 is 0. The van der Waals surface area contributed by atoms with E-state index in [0.717, 1.165) is 12.5 Å². The van der Waals surface area contributed by atoms with Crippen LogP contribution in [0.1, 0.15) is 58.3 Å². The van der Waals surface area contributed by atoms with Crippen LogP contribution in [0.5, 0.6) is 0 Å². The summed E-state index contributed by atoms with van der Waals surface area (Å²) in [6.07, 6.45) is 28.8. The third kappa shape index (κ3) is 18.2. The van der Waals surface area contributed by atoms with Gasteiger partial charge in [0.2, 0.25) is 0 Å². The molecule has 0 spiro atoms. The molecule has 0 saturated carbocycles. The monoisotopic (exact) mass is 302 g/mol. The zero-order valence-corrected chi connectivity index (χ0v) is 13.8. The smallest absolute Gasteiger partial charge is 0.328 e. The Balaban J connectivity index is 3.50. The van der Waals surface area contributed by atoms with Gasteiger partial charge in [0.1, 0.15) is 0 Å². The zero-order chi connectivity index (χ0) is 16.3. The maximum Gasteiger partial charge on any atom is 0.328 e. The first-order valence-electron chi connectivity index (χ1n) is 8.33. The third-order valence-corrected chi connectivity index (χ3v) is 3.13. The predicted octanol–water partition coefficient (Wildman–Crippen LogP) is 5.99. The van der Waals surface area contributed by atoms with Crippen LogP contribution in [0.2, 0.25) is 0 Å². The van der Waals surface area contributed by atoms with Crippen molar-refractivity contribution in [3.8, 4) is 0 Å². The number of rotatable bonds is 13. The highest BCUT2D eigenvalue weighted by molar-refractivity contribution is 5.80. The summed E-state index contributed by atoms with van der Waals surface area (Å²) in [4.78, 5) is 10.2. The number of carbonyl (C=O) groups is 1. The van der Waals surface area contributed by atoms with Gasteiger partial charge in [-0.15, -0.1) is 0 Å². The van der Waals surface area contributed by atoms with Crippen molar-refractivity contribution < 1.29 is 9.90 Å². The van der Waals surface area contributed by atoms with E-state index in [4.69, 9.17) is 5.11 Å². The normalized spacial score (nSPS) is 12.8. The maximum absolute atomic E-state index is 10.2. The molecule has 0 aliphatic carbocycles. The van der Waals surface area contributed by atoms with Gasteiger partial charge in [-0.3, -0.25) is 0 Å². The van der Waals surface area contributed by atoms with E-state index in [1.54, 1.807) is 12.2 Å². The lowest BCUT2D eigenvalue weighted by atomic mass is 10.1. The minimum atomic E-state index is -0.931. The van der Waals surface area contributed by atoms with Crippen LogP contribution in [-0.2, 0) is 4.79 Å². The third-order valence-electron chi connectivity index (χ3n) is 3.13. The fourth-order valence-corrected chi connectivity index (χ4v) is 1.92. The van der Waals surface area contributed by atoms with Crippen molar-refractivity contribution in [3.05, 3.63) is 60.8 Å². The molecule has 0 radical (unpaired) electrons. The summed E-state index contributed by atoms with van der Waals surface area (Å²) in [5.74, 6) is -0.931. The predicted molar refractivity (Wildman–Crippen MR) is 95.9 cm³/mol. The lowest BCUT2D eigenvalue weighted by Crippen LogP contribution is -1.84. The van der Waals surface area contributed by atoms with Crippen LogP contribution in [0.4, 0.5) is 0 Å². The standard InChI is InChI=1S/C20H30O2/c1-2-3-4-5-6-7-8-9-10-11-12-13-14-15-16-17-18-19-20(21)22/h10-19H,2-9H2,1H3,(H,21,22)/b11-10-,13-12+,15-14+,17-16-,19-18+. The molecule has 0 saturated heterocycles. The van der Waals surface area contributed by atoms with E-state index in [1.807, 2.05) is 24.3 Å². The molecule has 0 aliphatic rings. The zero-order valence-electron chi connectivity index (χ0n) is 13.8. The first kappa shape index (κ1) is 20.2. The summed E-state index contributed by atoms with van der Waals surface area (Å²) in [5.41, 5.74) is 0. The van der Waals surface area contributed by atoms with Crippen LogP contribution in [0.15, 0.2) is 60.8 Å². The summed E-state index contributed by atoms with van der Waals surface area (Å²) in [6, 6.07) is 0. The molecule has 0 heterocycles. The minimum absolute atomic E-state index is 0.931. The van der Waals surface area contributed by atoms with Crippen molar-refractivity contribution >= 4 is 5.97 Å². The van der Waals surface area contributed by atoms with Crippen molar-refractivity contribution in [2.24, 2.45) is 0 Å². The second kappa shape index (κ2) is 17.2. The first-order chi connectivity index (χ1) is 10.8. The van der Waals surface area contributed by atoms with E-state index in [0.29, 0.717) is 0 Å². The highest BCUT2D eigenvalue weighted by Gasteiger charge is 1.88. The second-order valence-electron chi connectivity index (χ2n) is 5.19. The molecule has 0 rings (SSSR count). The summed E-state index contributed by atoms with van der Waals surface area (Å²) in [7, 11) is 0. The quantitative estimate of drug-likeness (QED) is 0.258. The fourth-order valence-electron chi connectivity index (χ4n) is 1.92. The van der Waals surface area contributed by atoms with E-state index >= 15 is 0 Å². The molecule has 22 heavy (non-hydrogen) atoms. The van der Waals surface area contributed by atoms with Crippen LogP contribution in [0.3, 0.4) is 0 Å². The molecule has 0 bridgehead atoms. The van der Waals surface area contributed by atoms with Crippen LogP contribution in [-0.4, -0.2) is 11.1 Å². The number of hydrogen-bond acceptors (Lipinski definition) is 1. The van der Waals surface area contributed by atoms with Crippen molar-refractivity contribution in [3.63, 3.8) is 0 Å². The van der Waals surface area contributed by atoms with E-state index in [9.17, 15) is 4.79 Å². The Kier molecular flexibility index (Phi) is 15.8. The molecule has 0 atom stereocenters. The molecule has 0 aliphatic heterocycles. The highest BCUT2D eigenvalue weighted by Crippen LogP contribution is 2.08. The van der Waals surface area contributed by atoms with Crippen molar-refractivity contribution in [2.75, 3.05) is 0 Å². The van der Waals surface area contributed by atoms with Crippen LogP contribution in [0, 0.1) is 0 Å². The van der Waals surface area contributed by atoms with Gasteiger partial charge in [-0.05, 0) is 12.8 Å². The number of unbranched alkanes of at least 4 members (excludes halogenated alkanes) is 7.